The Kier molecular flexibility index (Phi) is 13.6. The highest BCUT2D eigenvalue weighted by Gasteiger charge is 2.73. The summed E-state index contributed by atoms with van der Waals surface area (Å²) in [5.74, 6) is -16.1. The molecule has 2 unspecified atom stereocenters. The number of carbonyl (C=O) groups excluding carboxylic acids is 6. The molecule has 16 nitrogen and oxygen atoms in total. The summed E-state index contributed by atoms with van der Waals surface area (Å²) < 4.78 is 14.0. The molecule has 0 aromatic rings. The zero-order chi connectivity index (χ0) is 29.9. The lowest BCUT2D eigenvalue weighted by Gasteiger charge is -2.39. The number of aliphatic carboxylic acids is 3. The van der Waals surface area contributed by atoms with Gasteiger partial charge in [-0.2, -0.15) is 0 Å². The van der Waals surface area contributed by atoms with Gasteiger partial charge >= 0.3 is 35.8 Å². The van der Waals surface area contributed by atoms with Crippen LogP contribution in [0.1, 0.15) is 41.5 Å². The second-order valence-corrected chi connectivity index (χ2v) is 7.46. The third kappa shape index (κ3) is 8.75. The van der Waals surface area contributed by atoms with Crippen LogP contribution in [0.25, 0.3) is 0 Å². The van der Waals surface area contributed by atoms with Gasteiger partial charge in [-0.15, -0.1) is 0 Å². The van der Waals surface area contributed by atoms with Gasteiger partial charge in [0.25, 0.3) is 0 Å². The highest BCUT2D eigenvalue weighted by atomic mass is 16.6. The quantitative estimate of drug-likeness (QED) is 0.117. The van der Waals surface area contributed by atoms with Crippen LogP contribution in [-0.4, -0.2) is 98.5 Å². The smallest absolute Gasteiger partial charge is 0.339 e. The average molecular weight is 536 g/mol. The maximum Gasteiger partial charge on any atom is 0.339 e. The van der Waals surface area contributed by atoms with E-state index in [9.17, 15) is 53.4 Å². The number of carboxylic acid groups (broad SMARTS) is 3. The van der Waals surface area contributed by atoms with Crippen molar-refractivity contribution in [2.24, 2.45) is 11.3 Å². The molecule has 0 aliphatic rings. The fraction of sp³-hybridized carbons (Fsp3) is 0.571. The molecule has 0 rings (SSSR count). The molecule has 2 atom stereocenters. The molecule has 0 aliphatic heterocycles. The van der Waals surface area contributed by atoms with Crippen LogP contribution in [0, 0.1) is 11.3 Å². The van der Waals surface area contributed by atoms with E-state index < -0.39 is 76.2 Å². The highest BCUT2D eigenvalue weighted by Crippen LogP contribution is 2.41. The zero-order valence-corrected chi connectivity index (χ0v) is 20.8. The van der Waals surface area contributed by atoms with E-state index in [1.54, 1.807) is 0 Å². The van der Waals surface area contributed by atoms with Crippen molar-refractivity contribution in [1.82, 2.24) is 0 Å². The maximum atomic E-state index is 11.7. The van der Waals surface area contributed by atoms with Gasteiger partial charge < -0.3 is 34.6 Å². The summed E-state index contributed by atoms with van der Waals surface area (Å²) in [5.41, 5.74) is -7.64. The van der Waals surface area contributed by atoms with Crippen LogP contribution >= 0.6 is 0 Å². The standard InChI is InChI=1S/C12H14O10.C9H14O6/c1-4(13)7(8(16)17)12(22,10(20)21)11(5(2)14,6(3)15)9(18)19;1-6(10)13-4-9(15-8(3)12)5-14-7(2)11/h7,22H,1-3H3,(H,16,17)(H,18,19)(H,20,21);9H,4-5H2,1-3H3. The van der Waals surface area contributed by atoms with Crippen molar-refractivity contribution < 1.29 is 77.8 Å². The number of esters is 3. The van der Waals surface area contributed by atoms with Crippen molar-refractivity contribution >= 4 is 53.2 Å². The van der Waals surface area contributed by atoms with E-state index in [-0.39, 0.29) is 13.2 Å². The molecule has 16 heteroatoms. The van der Waals surface area contributed by atoms with Crippen molar-refractivity contribution in [2.75, 3.05) is 13.2 Å². The fourth-order valence-electron chi connectivity index (χ4n) is 3.17. The normalized spacial score (nSPS) is 13.0. The van der Waals surface area contributed by atoms with Gasteiger partial charge in [0.15, 0.2) is 23.6 Å². The van der Waals surface area contributed by atoms with Crippen LogP contribution in [0.5, 0.6) is 0 Å². The van der Waals surface area contributed by atoms with E-state index in [0.717, 1.165) is 0 Å². The molecule has 0 saturated heterocycles. The van der Waals surface area contributed by atoms with Crippen molar-refractivity contribution in [1.29, 1.82) is 0 Å². The van der Waals surface area contributed by atoms with E-state index in [2.05, 4.69) is 9.47 Å². The third-order valence-electron chi connectivity index (χ3n) is 4.62. The number of carboxylic acids is 3. The number of hydrogen-bond donors (Lipinski definition) is 4. The minimum atomic E-state index is -3.99. The number of ether oxygens (including phenoxy) is 3. The van der Waals surface area contributed by atoms with Crippen LogP contribution in [0.3, 0.4) is 0 Å². The SMILES string of the molecule is CC(=O)C(C(=O)O)C(O)(C(=O)O)C(C(C)=O)(C(C)=O)C(=O)O.CC(=O)OCC(COC(C)=O)OC(C)=O. The highest BCUT2D eigenvalue weighted by molar-refractivity contribution is 6.26. The summed E-state index contributed by atoms with van der Waals surface area (Å²) in [5, 5.41) is 37.6. The zero-order valence-electron chi connectivity index (χ0n) is 20.8. The molecule has 0 amide bonds. The summed E-state index contributed by atoms with van der Waals surface area (Å²) >= 11 is 0. The van der Waals surface area contributed by atoms with Crippen molar-refractivity contribution in [3.05, 3.63) is 0 Å². The predicted molar refractivity (Wildman–Crippen MR) is 115 cm³/mol. The topological polar surface area (TPSA) is 262 Å². The average Bonchev–Trinajstić information content (AvgIpc) is 2.68. The van der Waals surface area contributed by atoms with E-state index in [1.165, 1.54) is 20.8 Å². The first kappa shape index (κ1) is 35.0. The minimum absolute atomic E-state index is 0.123. The van der Waals surface area contributed by atoms with Gasteiger partial charge in [-0.3, -0.25) is 38.4 Å². The minimum Gasteiger partial charge on any atom is -0.481 e. The van der Waals surface area contributed by atoms with Gasteiger partial charge in [0.05, 0.1) is 0 Å². The summed E-state index contributed by atoms with van der Waals surface area (Å²) in [7, 11) is 0. The van der Waals surface area contributed by atoms with Gasteiger partial charge in [-0.05, 0) is 20.8 Å². The Balaban J connectivity index is 0. The van der Waals surface area contributed by atoms with Gasteiger partial charge in [-0.25, -0.2) is 4.79 Å². The lowest BCUT2D eigenvalue weighted by Crippen LogP contribution is -2.70. The summed E-state index contributed by atoms with van der Waals surface area (Å²) in [6.07, 6.45) is -0.754. The molecule has 0 saturated carbocycles. The Morgan fingerprint density at radius 1 is 0.649 bits per heavy atom. The Bertz CT molecular complexity index is 896. The lowest BCUT2D eigenvalue weighted by atomic mass is 9.60. The molecular weight excluding hydrogens is 508 g/mol. The van der Waals surface area contributed by atoms with Crippen LogP contribution in [-0.2, 0) is 57.4 Å². The van der Waals surface area contributed by atoms with Crippen LogP contribution in [0.4, 0.5) is 0 Å². The lowest BCUT2D eigenvalue weighted by molar-refractivity contribution is -0.203. The van der Waals surface area contributed by atoms with E-state index >= 15 is 0 Å². The Labute approximate surface area is 209 Å². The first-order valence-corrected chi connectivity index (χ1v) is 10.1. The van der Waals surface area contributed by atoms with E-state index in [0.29, 0.717) is 20.8 Å². The van der Waals surface area contributed by atoms with Gasteiger partial charge in [0, 0.05) is 20.8 Å². The third-order valence-corrected chi connectivity index (χ3v) is 4.62. The molecule has 0 aliphatic carbocycles. The Hall–Kier alpha value is -4.21. The molecule has 208 valence electrons. The molecule has 0 fully saturated rings. The van der Waals surface area contributed by atoms with Crippen molar-refractivity contribution in [3.63, 3.8) is 0 Å². The molecule has 0 heterocycles. The van der Waals surface area contributed by atoms with Gasteiger partial charge in [0.1, 0.15) is 19.0 Å². The van der Waals surface area contributed by atoms with Gasteiger partial charge in [0.2, 0.25) is 11.0 Å². The summed E-state index contributed by atoms with van der Waals surface area (Å²) in [4.78, 5) is 100. The number of hydrogen-bond acceptors (Lipinski definition) is 13. The van der Waals surface area contributed by atoms with Crippen LogP contribution in [0.2, 0.25) is 0 Å². The number of ketones is 3. The van der Waals surface area contributed by atoms with Crippen molar-refractivity contribution in [3.8, 4) is 0 Å². The molecule has 0 bridgehead atoms. The molecule has 0 radical (unpaired) electrons. The first-order valence-electron chi connectivity index (χ1n) is 10.1. The predicted octanol–water partition coefficient (Wildman–Crippen LogP) is -1.61. The van der Waals surface area contributed by atoms with Crippen LogP contribution < -0.4 is 0 Å². The molecule has 4 N–H and O–H groups in total. The molecular formula is C21H28O16. The first-order chi connectivity index (χ1) is 16.7. The second-order valence-electron chi connectivity index (χ2n) is 7.46. The van der Waals surface area contributed by atoms with E-state index in [4.69, 9.17) is 14.9 Å². The molecule has 0 aromatic carbocycles. The molecule has 37 heavy (non-hydrogen) atoms. The number of rotatable bonds is 13. The Morgan fingerprint density at radius 2 is 1.03 bits per heavy atom. The van der Waals surface area contributed by atoms with Crippen LogP contribution in [0.15, 0.2) is 0 Å². The van der Waals surface area contributed by atoms with Crippen molar-refractivity contribution in [2.45, 2.75) is 53.2 Å². The molecule has 0 spiro atoms. The number of aliphatic hydroxyl groups is 1. The van der Waals surface area contributed by atoms with Gasteiger partial charge in [-0.1, -0.05) is 0 Å². The number of carbonyl (C=O) groups is 9. The summed E-state index contributed by atoms with van der Waals surface area (Å²) in [6.45, 7) is 5.02. The number of Topliss-reactive ketones (excluding diaryl/α,β-unsaturated/α-hetero) is 3. The second kappa shape index (κ2) is 14.4. The fourth-order valence-corrected chi connectivity index (χ4v) is 3.17. The van der Waals surface area contributed by atoms with E-state index in [1.807, 2.05) is 0 Å². The molecule has 0 aromatic heterocycles. The summed E-state index contributed by atoms with van der Waals surface area (Å²) in [6, 6.07) is 0. The largest absolute Gasteiger partial charge is 0.481 e. The monoisotopic (exact) mass is 536 g/mol. The Morgan fingerprint density at radius 3 is 1.22 bits per heavy atom. The maximum absolute atomic E-state index is 11.7.